The van der Waals surface area contributed by atoms with Crippen molar-refractivity contribution in [3.63, 3.8) is 0 Å². The maximum absolute atomic E-state index is 10.5. The Balaban J connectivity index is 1.89. The quantitative estimate of drug-likeness (QED) is 0.626. The minimum atomic E-state index is 0.340. The minimum absolute atomic E-state index is 0.340. The molecule has 1 N–H and O–H groups in total. The Morgan fingerprint density at radius 3 is 2.95 bits per heavy atom. The highest BCUT2D eigenvalue weighted by molar-refractivity contribution is 5.53. The van der Waals surface area contributed by atoms with Gasteiger partial charge in [0.15, 0.2) is 0 Å². The van der Waals surface area contributed by atoms with E-state index in [-0.39, 0.29) is 0 Å². The zero-order chi connectivity index (χ0) is 14.8. The Labute approximate surface area is 127 Å². The van der Waals surface area contributed by atoms with Crippen molar-refractivity contribution in [3.05, 3.63) is 34.9 Å². The first-order chi connectivity index (χ1) is 10.2. The van der Waals surface area contributed by atoms with Gasteiger partial charge in [-0.05, 0) is 50.3 Å². The summed E-state index contributed by atoms with van der Waals surface area (Å²) >= 11 is 0. The summed E-state index contributed by atoms with van der Waals surface area (Å²) in [5.41, 5.74) is 3.66. The normalized spacial score (nSPS) is 23.8. The highest BCUT2D eigenvalue weighted by atomic mass is 16.5. The number of hydrogen-bond donors (Lipinski definition) is 1. The molecule has 1 aromatic carbocycles. The summed E-state index contributed by atoms with van der Waals surface area (Å²) in [4.78, 5) is 0. The molecule has 1 heterocycles. The monoisotopic (exact) mass is 286 g/mol. The van der Waals surface area contributed by atoms with Gasteiger partial charge in [-0.2, -0.15) is 0 Å². The average Bonchev–Trinajstić information content (AvgIpc) is 2.46. The van der Waals surface area contributed by atoms with E-state index in [1.54, 1.807) is 0 Å². The fraction of sp³-hybridized carbons (Fsp3) is 0.579. The summed E-state index contributed by atoms with van der Waals surface area (Å²) in [6.07, 6.45) is 9.35. The molecule has 1 aromatic rings. The Hall–Kier alpha value is -1.44. The number of phenols is 1. The summed E-state index contributed by atoms with van der Waals surface area (Å²) in [6.45, 7) is 5.20. The van der Waals surface area contributed by atoms with E-state index in [1.807, 2.05) is 6.07 Å². The summed E-state index contributed by atoms with van der Waals surface area (Å²) in [7, 11) is 0. The standard InChI is InChI=1S/C19H26O2/c1-3-4-5-6-14-10-17(20)19-16-9-13(2)7-8-15(16)12-21-18(19)11-14/h9-11,15-16,20H,3-8,12H2,1-2H3/t15-,16+/m0/s1. The van der Waals surface area contributed by atoms with Gasteiger partial charge < -0.3 is 9.84 Å². The molecule has 1 aliphatic heterocycles. The molecule has 0 amide bonds. The number of ether oxygens (including phenoxy) is 1. The van der Waals surface area contributed by atoms with E-state index in [1.165, 1.54) is 36.8 Å². The van der Waals surface area contributed by atoms with Gasteiger partial charge in [0.1, 0.15) is 11.5 Å². The summed E-state index contributed by atoms with van der Waals surface area (Å²) in [5, 5.41) is 10.5. The second kappa shape index (κ2) is 6.13. The zero-order valence-electron chi connectivity index (χ0n) is 13.2. The van der Waals surface area contributed by atoms with Crippen LogP contribution >= 0.6 is 0 Å². The molecule has 0 radical (unpaired) electrons. The number of fused-ring (bicyclic) bond motifs is 3. The number of aryl methyl sites for hydroxylation is 1. The van der Waals surface area contributed by atoms with Crippen LogP contribution < -0.4 is 4.74 Å². The van der Waals surface area contributed by atoms with Crippen LogP contribution in [0.15, 0.2) is 23.8 Å². The van der Waals surface area contributed by atoms with Crippen molar-refractivity contribution < 1.29 is 9.84 Å². The lowest BCUT2D eigenvalue weighted by atomic mass is 9.75. The van der Waals surface area contributed by atoms with Gasteiger partial charge in [0.05, 0.1) is 6.61 Å². The van der Waals surface area contributed by atoms with Crippen molar-refractivity contribution in [2.75, 3.05) is 6.61 Å². The Bertz CT molecular complexity index is 545. The number of hydrogen-bond acceptors (Lipinski definition) is 2. The third-order valence-electron chi connectivity index (χ3n) is 4.92. The van der Waals surface area contributed by atoms with Crippen LogP contribution in [0.5, 0.6) is 11.5 Å². The molecule has 2 heteroatoms. The molecule has 21 heavy (non-hydrogen) atoms. The topological polar surface area (TPSA) is 29.5 Å². The smallest absolute Gasteiger partial charge is 0.127 e. The van der Waals surface area contributed by atoms with Crippen molar-refractivity contribution in [3.8, 4) is 11.5 Å². The molecule has 114 valence electrons. The Kier molecular flexibility index (Phi) is 4.23. The number of phenolic OH excluding ortho intramolecular Hbond substituents is 1. The first kappa shape index (κ1) is 14.5. The maximum Gasteiger partial charge on any atom is 0.127 e. The number of rotatable bonds is 4. The van der Waals surface area contributed by atoms with Crippen molar-refractivity contribution >= 4 is 0 Å². The van der Waals surface area contributed by atoms with E-state index >= 15 is 0 Å². The van der Waals surface area contributed by atoms with Gasteiger partial charge in [-0.3, -0.25) is 0 Å². The summed E-state index contributed by atoms with van der Waals surface area (Å²) in [6, 6.07) is 4.11. The van der Waals surface area contributed by atoms with E-state index in [4.69, 9.17) is 4.74 Å². The van der Waals surface area contributed by atoms with Crippen LogP contribution in [0.4, 0.5) is 0 Å². The van der Waals surface area contributed by atoms with Crippen LogP contribution in [0, 0.1) is 5.92 Å². The molecular formula is C19H26O2. The van der Waals surface area contributed by atoms with E-state index in [2.05, 4.69) is 26.0 Å². The molecule has 0 unspecified atom stereocenters. The first-order valence-electron chi connectivity index (χ1n) is 8.35. The van der Waals surface area contributed by atoms with Crippen LogP contribution in [0.2, 0.25) is 0 Å². The molecule has 0 bridgehead atoms. The first-order valence-corrected chi connectivity index (χ1v) is 8.35. The zero-order valence-corrected chi connectivity index (χ0v) is 13.2. The van der Waals surface area contributed by atoms with E-state index in [9.17, 15) is 5.11 Å². The second-order valence-corrected chi connectivity index (χ2v) is 6.63. The molecular weight excluding hydrogens is 260 g/mol. The van der Waals surface area contributed by atoms with Gasteiger partial charge in [-0.1, -0.05) is 31.4 Å². The fourth-order valence-corrected chi connectivity index (χ4v) is 3.67. The molecule has 0 saturated carbocycles. The fourth-order valence-electron chi connectivity index (χ4n) is 3.67. The lowest BCUT2D eigenvalue weighted by Crippen LogP contribution is -2.27. The van der Waals surface area contributed by atoms with Gasteiger partial charge in [-0.15, -0.1) is 0 Å². The van der Waals surface area contributed by atoms with Crippen molar-refractivity contribution in [2.45, 2.75) is 58.3 Å². The third kappa shape index (κ3) is 2.95. The maximum atomic E-state index is 10.5. The van der Waals surface area contributed by atoms with Crippen LogP contribution in [-0.2, 0) is 6.42 Å². The highest BCUT2D eigenvalue weighted by Gasteiger charge is 2.34. The van der Waals surface area contributed by atoms with E-state index in [0.717, 1.165) is 30.8 Å². The lowest BCUT2D eigenvalue weighted by Gasteiger charge is -2.36. The van der Waals surface area contributed by atoms with Gasteiger partial charge in [0.25, 0.3) is 0 Å². The van der Waals surface area contributed by atoms with Crippen LogP contribution in [-0.4, -0.2) is 11.7 Å². The summed E-state index contributed by atoms with van der Waals surface area (Å²) in [5.74, 6) is 2.21. The third-order valence-corrected chi connectivity index (χ3v) is 4.92. The predicted octanol–water partition coefficient (Wildman–Crippen LogP) is 4.96. The number of unbranched alkanes of at least 4 members (excludes halogenated alkanes) is 2. The van der Waals surface area contributed by atoms with Gasteiger partial charge in [-0.25, -0.2) is 0 Å². The largest absolute Gasteiger partial charge is 0.507 e. The molecule has 2 nitrogen and oxygen atoms in total. The Morgan fingerprint density at radius 1 is 1.29 bits per heavy atom. The molecule has 0 aromatic heterocycles. The molecule has 2 atom stereocenters. The average molecular weight is 286 g/mol. The highest BCUT2D eigenvalue weighted by Crippen LogP contribution is 2.47. The number of aromatic hydroxyl groups is 1. The molecule has 2 aliphatic rings. The van der Waals surface area contributed by atoms with E-state index < -0.39 is 0 Å². The van der Waals surface area contributed by atoms with Gasteiger partial charge >= 0.3 is 0 Å². The van der Waals surface area contributed by atoms with Crippen molar-refractivity contribution in [1.82, 2.24) is 0 Å². The van der Waals surface area contributed by atoms with Gasteiger partial charge in [0, 0.05) is 17.4 Å². The van der Waals surface area contributed by atoms with Crippen LogP contribution in [0.1, 0.15) is 63.0 Å². The van der Waals surface area contributed by atoms with Crippen LogP contribution in [0.25, 0.3) is 0 Å². The van der Waals surface area contributed by atoms with Crippen LogP contribution in [0.3, 0.4) is 0 Å². The molecule has 1 aliphatic carbocycles. The molecule has 0 spiro atoms. The lowest BCUT2D eigenvalue weighted by molar-refractivity contribution is 0.191. The second-order valence-electron chi connectivity index (χ2n) is 6.63. The number of benzene rings is 1. The van der Waals surface area contributed by atoms with E-state index in [0.29, 0.717) is 17.6 Å². The summed E-state index contributed by atoms with van der Waals surface area (Å²) < 4.78 is 5.97. The Morgan fingerprint density at radius 2 is 2.14 bits per heavy atom. The van der Waals surface area contributed by atoms with Gasteiger partial charge in [0.2, 0.25) is 0 Å². The molecule has 0 fully saturated rings. The molecule has 3 rings (SSSR count). The van der Waals surface area contributed by atoms with Crippen molar-refractivity contribution in [2.24, 2.45) is 5.92 Å². The number of allylic oxidation sites excluding steroid dienone is 2. The van der Waals surface area contributed by atoms with Crippen molar-refractivity contribution in [1.29, 1.82) is 0 Å². The molecule has 0 saturated heterocycles. The minimum Gasteiger partial charge on any atom is -0.507 e. The SMILES string of the molecule is CCCCCc1cc(O)c2c(c1)OC[C@@H]1CCC(C)=C[C@@H]21. The predicted molar refractivity (Wildman–Crippen MR) is 86.1 cm³/mol.